The molecule has 0 radical (unpaired) electrons. The number of aryl methyl sites for hydroxylation is 1. The normalized spacial score (nSPS) is 11.8. The lowest BCUT2D eigenvalue weighted by molar-refractivity contribution is -0.230. The van der Waals surface area contributed by atoms with Crippen LogP contribution in [0.15, 0.2) is 12.3 Å². The van der Waals surface area contributed by atoms with Crippen LogP contribution in [0.1, 0.15) is 25.4 Å². The molecule has 0 saturated heterocycles. The third-order valence-corrected chi connectivity index (χ3v) is 2.80. The van der Waals surface area contributed by atoms with E-state index >= 15 is 0 Å². The number of hydrogen-bond donors (Lipinski definition) is 0. The highest BCUT2D eigenvalue weighted by Crippen LogP contribution is 2.26. The average Bonchev–Trinajstić information content (AvgIpc) is 2.28. The fourth-order valence-corrected chi connectivity index (χ4v) is 1.98. The van der Waals surface area contributed by atoms with Crippen LogP contribution in [0.4, 0.5) is 0 Å². The van der Waals surface area contributed by atoms with Gasteiger partial charge in [-0.05, 0) is 26.8 Å². The van der Waals surface area contributed by atoms with Gasteiger partial charge >= 0.3 is 0 Å². The molecule has 0 amide bonds. The summed E-state index contributed by atoms with van der Waals surface area (Å²) in [7, 11) is 0. The highest BCUT2D eigenvalue weighted by molar-refractivity contribution is 9.09. The molecule has 4 nitrogen and oxygen atoms in total. The van der Waals surface area contributed by atoms with Gasteiger partial charge in [0.05, 0.1) is 5.33 Å². The first kappa shape index (κ1) is 13.5. The van der Waals surface area contributed by atoms with E-state index in [9.17, 15) is 0 Å². The lowest BCUT2D eigenvalue weighted by atomic mass is 10.2. The Bertz CT molecular complexity index is 328. The van der Waals surface area contributed by atoms with Crippen LogP contribution in [0.2, 0.25) is 0 Å². The smallest absolute Gasteiger partial charge is 0.240 e. The van der Waals surface area contributed by atoms with Crippen molar-refractivity contribution >= 4 is 15.9 Å². The second-order valence-electron chi connectivity index (χ2n) is 3.27. The number of nitrogens with zero attached hydrogens (tertiary/aromatic N) is 2. The van der Waals surface area contributed by atoms with E-state index in [-0.39, 0.29) is 0 Å². The number of ether oxygens (including phenoxy) is 2. The zero-order chi connectivity index (χ0) is 12.0. The van der Waals surface area contributed by atoms with Gasteiger partial charge in [0.25, 0.3) is 0 Å². The van der Waals surface area contributed by atoms with Crippen LogP contribution in [0, 0.1) is 6.92 Å². The molecule has 0 aliphatic rings. The van der Waals surface area contributed by atoms with Gasteiger partial charge in [0.15, 0.2) is 5.82 Å². The van der Waals surface area contributed by atoms with Crippen LogP contribution in [-0.2, 0) is 15.3 Å². The van der Waals surface area contributed by atoms with Crippen LogP contribution in [0.5, 0.6) is 0 Å². The summed E-state index contributed by atoms with van der Waals surface area (Å²) in [6.45, 7) is 6.85. The fraction of sp³-hybridized carbons (Fsp3) is 0.636. The average molecular weight is 289 g/mol. The Morgan fingerprint density at radius 3 is 2.38 bits per heavy atom. The van der Waals surface area contributed by atoms with E-state index in [1.165, 1.54) is 0 Å². The Morgan fingerprint density at radius 2 is 1.94 bits per heavy atom. The Hall–Kier alpha value is -0.520. The van der Waals surface area contributed by atoms with Crippen molar-refractivity contribution < 1.29 is 9.47 Å². The summed E-state index contributed by atoms with van der Waals surface area (Å²) in [6.07, 6.45) is 1.72. The van der Waals surface area contributed by atoms with Crippen LogP contribution < -0.4 is 0 Å². The van der Waals surface area contributed by atoms with Crippen LogP contribution in [-0.4, -0.2) is 28.5 Å². The van der Waals surface area contributed by atoms with Gasteiger partial charge in [0.2, 0.25) is 5.79 Å². The van der Waals surface area contributed by atoms with Crippen LogP contribution in [0.3, 0.4) is 0 Å². The van der Waals surface area contributed by atoms with Crippen molar-refractivity contribution in [2.45, 2.75) is 26.6 Å². The van der Waals surface area contributed by atoms with Gasteiger partial charge < -0.3 is 9.47 Å². The molecule has 16 heavy (non-hydrogen) atoms. The summed E-state index contributed by atoms with van der Waals surface area (Å²) in [5.41, 5.74) is 0.898. The molecule has 1 aromatic heterocycles. The van der Waals surface area contributed by atoms with Crippen molar-refractivity contribution in [3.63, 3.8) is 0 Å². The zero-order valence-corrected chi connectivity index (χ0v) is 11.5. The maximum absolute atomic E-state index is 5.67. The molecule has 0 saturated carbocycles. The van der Waals surface area contributed by atoms with E-state index < -0.39 is 5.79 Å². The Kier molecular flexibility index (Phi) is 5.31. The molecule has 0 spiro atoms. The van der Waals surface area contributed by atoms with Crippen molar-refractivity contribution in [1.29, 1.82) is 0 Å². The van der Waals surface area contributed by atoms with Crippen molar-refractivity contribution in [2.75, 3.05) is 18.5 Å². The Balaban J connectivity index is 3.07. The topological polar surface area (TPSA) is 44.2 Å². The number of halogens is 1. The first-order valence-electron chi connectivity index (χ1n) is 5.32. The highest BCUT2D eigenvalue weighted by Gasteiger charge is 2.36. The van der Waals surface area contributed by atoms with Gasteiger partial charge in [-0.25, -0.2) is 9.97 Å². The maximum Gasteiger partial charge on any atom is 0.240 e. The van der Waals surface area contributed by atoms with E-state index in [0.717, 1.165) is 5.69 Å². The lowest BCUT2D eigenvalue weighted by Crippen LogP contribution is -2.37. The molecule has 0 aromatic carbocycles. The minimum Gasteiger partial charge on any atom is -0.343 e. The quantitative estimate of drug-likeness (QED) is 0.596. The number of alkyl halides is 1. The van der Waals surface area contributed by atoms with Crippen LogP contribution in [0.25, 0.3) is 0 Å². The second-order valence-corrected chi connectivity index (χ2v) is 3.83. The third kappa shape index (κ3) is 2.99. The summed E-state index contributed by atoms with van der Waals surface area (Å²) in [5, 5.41) is 0.505. The SMILES string of the molecule is CCOC(CBr)(OCC)c1nccc(C)n1. The zero-order valence-electron chi connectivity index (χ0n) is 9.86. The van der Waals surface area contributed by atoms with Crippen molar-refractivity contribution in [3.05, 3.63) is 23.8 Å². The summed E-state index contributed by atoms with van der Waals surface area (Å²) in [5.74, 6) is -0.316. The Labute approximate surface area is 105 Å². The second kappa shape index (κ2) is 6.27. The molecular weight excluding hydrogens is 272 g/mol. The van der Waals surface area contributed by atoms with E-state index in [0.29, 0.717) is 24.4 Å². The molecule has 0 atom stereocenters. The number of hydrogen-bond acceptors (Lipinski definition) is 4. The molecule has 0 aliphatic carbocycles. The summed E-state index contributed by atoms with van der Waals surface area (Å²) < 4.78 is 11.3. The maximum atomic E-state index is 5.67. The molecule has 0 unspecified atom stereocenters. The van der Waals surface area contributed by atoms with Crippen molar-refractivity contribution in [2.24, 2.45) is 0 Å². The highest BCUT2D eigenvalue weighted by atomic mass is 79.9. The first-order valence-corrected chi connectivity index (χ1v) is 6.44. The van der Waals surface area contributed by atoms with E-state index in [1.54, 1.807) is 6.20 Å². The predicted octanol–water partition coefficient (Wildman–Crippen LogP) is 2.41. The molecule has 0 N–H and O–H groups in total. The molecule has 0 bridgehead atoms. The number of rotatable bonds is 6. The third-order valence-electron chi connectivity index (χ3n) is 2.07. The molecule has 0 aliphatic heterocycles. The van der Waals surface area contributed by atoms with Crippen LogP contribution >= 0.6 is 15.9 Å². The molecule has 0 fully saturated rings. The molecule has 90 valence electrons. The van der Waals surface area contributed by atoms with Crippen molar-refractivity contribution in [1.82, 2.24) is 9.97 Å². The van der Waals surface area contributed by atoms with Gasteiger partial charge in [-0.15, -0.1) is 0 Å². The monoisotopic (exact) mass is 288 g/mol. The fourth-order valence-electron chi connectivity index (χ4n) is 1.41. The van der Waals surface area contributed by atoms with Gasteiger partial charge in [0, 0.05) is 25.1 Å². The van der Waals surface area contributed by atoms with Crippen molar-refractivity contribution in [3.8, 4) is 0 Å². The van der Waals surface area contributed by atoms with Gasteiger partial charge in [0.1, 0.15) is 0 Å². The predicted molar refractivity (Wildman–Crippen MR) is 65.5 cm³/mol. The van der Waals surface area contributed by atoms with E-state index in [1.807, 2.05) is 26.8 Å². The van der Waals surface area contributed by atoms with E-state index in [4.69, 9.17) is 9.47 Å². The molecular formula is C11H17BrN2O2. The minimum atomic E-state index is -0.879. The lowest BCUT2D eigenvalue weighted by Gasteiger charge is -2.29. The molecule has 1 aromatic rings. The molecule has 1 rings (SSSR count). The summed E-state index contributed by atoms with van der Waals surface area (Å²) in [6, 6.07) is 1.85. The summed E-state index contributed by atoms with van der Waals surface area (Å²) in [4.78, 5) is 8.59. The molecule has 5 heteroatoms. The molecule has 1 heterocycles. The van der Waals surface area contributed by atoms with Gasteiger partial charge in [-0.1, -0.05) is 15.9 Å². The Morgan fingerprint density at radius 1 is 1.31 bits per heavy atom. The first-order chi connectivity index (χ1) is 7.68. The number of aromatic nitrogens is 2. The largest absolute Gasteiger partial charge is 0.343 e. The minimum absolute atomic E-state index is 0.505. The standard InChI is InChI=1S/C11H17BrN2O2/c1-4-15-11(8-12,16-5-2)10-13-7-6-9(3)14-10/h6-7H,4-5,8H2,1-3H3. The van der Waals surface area contributed by atoms with E-state index in [2.05, 4.69) is 25.9 Å². The summed E-state index contributed by atoms with van der Waals surface area (Å²) >= 11 is 3.41. The van der Waals surface area contributed by atoms with Gasteiger partial charge in [-0.3, -0.25) is 0 Å². The van der Waals surface area contributed by atoms with Gasteiger partial charge in [-0.2, -0.15) is 0 Å².